The third kappa shape index (κ3) is 4.81. The van der Waals surface area contributed by atoms with E-state index in [1.165, 1.54) is 4.90 Å². The van der Waals surface area contributed by atoms with Crippen LogP contribution in [0.4, 0.5) is 5.69 Å². The Morgan fingerprint density at radius 3 is 2.48 bits per heavy atom. The molecule has 1 fully saturated rings. The summed E-state index contributed by atoms with van der Waals surface area (Å²) in [4.78, 5) is 36.9. The molecule has 0 aliphatic heterocycles. The quantitative estimate of drug-likeness (QED) is 0.869. The first kappa shape index (κ1) is 17.0. The lowest BCUT2D eigenvalue weighted by Crippen LogP contribution is -2.40. The van der Waals surface area contributed by atoms with Crippen molar-refractivity contribution in [2.24, 2.45) is 11.8 Å². The fraction of sp³-hybridized carbons (Fsp3) is 0.471. The van der Waals surface area contributed by atoms with Crippen LogP contribution in [-0.2, 0) is 14.4 Å². The SMILES string of the molecule is CN(CC(=O)Nc1ccccc1)C(=O)C1CCCC(C(=O)O)C1. The second kappa shape index (κ2) is 7.76. The van der Waals surface area contributed by atoms with E-state index in [0.717, 1.165) is 6.42 Å². The predicted molar refractivity (Wildman–Crippen MR) is 85.8 cm³/mol. The van der Waals surface area contributed by atoms with Crippen LogP contribution in [0.3, 0.4) is 0 Å². The monoisotopic (exact) mass is 318 g/mol. The highest BCUT2D eigenvalue weighted by atomic mass is 16.4. The van der Waals surface area contributed by atoms with Gasteiger partial charge in [-0.2, -0.15) is 0 Å². The molecule has 1 saturated carbocycles. The summed E-state index contributed by atoms with van der Waals surface area (Å²) in [6, 6.07) is 9.04. The number of carbonyl (C=O) groups excluding carboxylic acids is 2. The van der Waals surface area contributed by atoms with E-state index >= 15 is 0 Å². The highest BCUT2D eigenvalue weighted by Crippen LogP contribution is 2.30. The van der Waals surface area contributed by atoms with E-state index < -0.39 is 11.9 Å². The Bertz CT molecular complexity index is 573. The van der Waals surface area contributed by atoms with Gasteiger partial charge in [0.2, 0.25) is 11.8 Å². The van der Waals surface area contributed by atoms with Crippen LogP contribution in [0.1, 0.15) is 25.7 Å². The molecule has 2 rings (SSSR count). The van der Waals surface area contributed by atoms with Crippen molar-refractivity contribution in [3.63, 3.8) is 0 Å². The Balaban J connectivity index is 1.87. The first-order chi connectivity index (χ1) is 11.0. The molecule has 2 atom stereocenters. The van der Waals surface area contributed by atoms with Gasteiger partial charge in [0.1, 0.15) is 0 Å². The standard InChI is InChI=1S/C17H22N2O4/c1-19(11-15(20)18-14-8-3-2-4-9-14)16(21)12-6-5-7-13(10-12)17(22)23/h2-4,8-9,12-13H,5-7,10-11H2,1H3,(H,18,20)(H,22,23). The number of carbonyl (C=O) groups is 3. The lowest BCUT2D eigenvalue weighted by atomic mass is 9.81. The third-order valence-corrected chi connectivity index (χ3v) is 4.19. The molecule has 124 valence electrons. The van der Waals surface area contributed by atoms with Gasteiger partial charge in [-0.05, 0) is 31.4 Å². The lowest BCUT2D eigenvalue weighted by molar-refractivity contribution is -0.145. The molecule has 2 unspecified atom stereocenters. The van der Waals surface area contributed by atoms with Gasteiger partial charge in [-0.3, -0.25) is 14.4 Å². The summed E-state index contributed by atoms with van der Waals surface area (Å²) in [7, 11) is 1.58. The fourth-order valence-electron chi connectivity index (χ4n) is 2.97. The van der Waals surface area contributed by atoms with Crippen molar-refractivity contribution in [3.05, 3.63) is 30.3 Å². The van der Waals surface area contributed by atoms with Gasteiger partial charge in [0, 0.05) is 18.7 Å². The van der Waals surface area contributed by atoms with E-state index in [0.29, 0.717) is 24.9 Å². The van der Waals surface area contributed by atoms with E-state index in [1.807, 2.05) is 18.2 Å². The van der Waals surface area contributed by atoms with Crippen LogP contribution >= 0.6 is 0 Å². The van der Waals surface area contributed by atoms with Crippen molar-refractivity contribution < 1.29 is 19.5 Å². The summed E-state index contributed by atoms with van der Waals surface area (Å²) in [5.41, 5.74) is 0.682. The Morgan fingerprint density at radius 2 is 1.83 bits per heavy atom. The summed E-state index contributed by atoms with van der Waals surface area (Å²) in [6.07, 6.45) is 2.40. The molecule has 23 heavy (non-hydrogen) atoms. The average Bonchev–Trinajstić information content (AvgIpc) is 2.55. The highest BCUT2D eigenvalue weighted by molar-refractivity contribution is 5.94. The maximum absolute atomic E-state index is 12.4. The van der Waals surface area contributed by atoms with Crippen LogP contribution in [0.15, 0.2) is 30.3 Å². The van der Waals surface area contributed by atoms with Crippen LogP contribution in [-0.4, -0.2) is 41.4 Å². The van der Waals surface area contributed by atoms with Crippen molar-refractivity contribution in [1.29, 1.82) is 0 Å². The van der Waals surface area contributed by atoms with Gasteiger partial charge < -0.3 is 15.3 Å². The number of rotatable bonds is 5. The van der Waals surface area contributed by atoms with Crippen molar-refractivity contribution in [1.82, 2.24) is 4.90 Å². The van der Waals surface area contributed by atoms with Crippen molar-refractivity contribution >= 4 is 23.5 Å². The molecule has 0 bridgehead atoms. The predicted octanol–water partition coefficient (Wildman–Crippen LogP) is 1.97. The van der Waals surface area contributed by atoms with Gasteiger partial charge in [-0.25, -0.2) is 0 Å². The maximum atomic E-state index is 12.4. The largest absolute Gasteiger partial charge is 0.481 e. The van der Waals surface area contributed by atoms with Crippen LogP contribution < -0.4 is 5.32 Å². The maximum Gasteiger partial charge on any atom is 0.306 e. The van der Waals surface area contributed by atoms with Gasteiger partial charge >= 0.3 is 5.97 Å². The van der Waals surface area contributed by atoms with Gasteiger partial charge in [0.05, 0.1) is 12.5 Å². The van der Waals surface area contributed by atoms with Crippen molar-refractivity contribution in [2.75, 3.05) is 18.9 Å². The molecular weight excluding hydrogens is 296 g/mol. The van der Waals surface area contributed by atoms with Crippen LogP contribution in [0.2, 0.25) is 0 Å². The normalized spacial score (nSPS) is 20.6. The van der Waals surface area contributed by atoms with Crippen LogP contribution in [0, 0.1) is 11.8 Å². The molecule has 2 amide bonds. The van der Waals surface area contributed by atoms with Gasteiger partial charge in [-0.15, -0.1) is 0 Å². The van der Waals surface area contributed by atoms with E-state index in [4.69, 9.17) is 5.11 Å². The number of likely N-dealkylation sites (N-methyl/N-ethyl adjacent to an activating group) is 1. The number of carboxylic acids is 1. The molecular formula is C17H22N2O4. The van der Waals surface area contributed by atoms with E-state index in [2.05, 4.69) is 5.32 Å². The number of benzene rings is 1. The van der Waals surface area contributed by atoms with E-state index in [9.17, 15) is 14.4 Å². The number of carboxylic acid groups (broad SMARTS) is 1. The van der Waals surface area contributed by atoms with Crippen molar-refractivity contribution in [2.45, 2.75) is 25.7 Å². The average molecular weight is 318 g/mol. The summed E-state index contributed by atoms with van der Waals surface area (Å²) >= 11 is 0. The number of nitrogens with one attached hydrogen (secondary N) is 1. The van der Waals surface area contributed by atoms with E-state index in [-0.39, 0.29) is 24.3 Å². The summed E-state index contributed by atoms with van der Waals surface area (Å²) < 4.78 is 0. The number of amides is 2. The smallest absolute Gasteiger partial charge is 0.306 e. The molecule has 0 saturated heterocycles. The molecule has 0 heterocycles. The second-order valence-corrected chi connectivity index (χ2v) is 6.01. The molecule has 1 aliphatic rings. The van der Waals surface area contributed by atoms with Gasteiger partial charge in [0.15, 0.2) is 0 Å². The molecule has 2 N–H and O–H groups in total. The fourth-order valence-corrected chi connectivity index (χ4v) is 2.97. The minimum Gasteiger partial charge on any atom is -0.481 e. The zero-order valence-corrected chi connectivity index (χ0v) is 13.2. The van der Waals surface area contributed by atoms with Crippen molar-refractivity contribution in [3.8, 4) is 0 Å². The number of para-hydroxylation sites is 1. The summed E-state index contributed by atoms with van der Waals surface area (Å²) in [5.74, 6) is -2.02. The lowest BCUT2D eigenvalue weighted by Gasteiger charge is -2.29. The third-order valence-electron chi connectivity index (χ3n) is 4.19. The Kier molecular flexibility index (Phi) is 5.73. The molecule has 1 aromatic carbocycles. The number of hydrogen-bond donors (Lipinski definition) is 2. The molecule has 6 heteroatoms. The number of nitrogens with zero attached hydrogens (tertiary/aromatic N) is 1. The molecule has 1 aromatic rings. The Labute approximate surface area is 135 Å². The molecule has 0 spiro atoms. The molecule has 1 aliphatic carbocycles. The summed E-state index contributed by atoms with van der Waals surface area (Å²) in [5, 5.41) is 11.8. The molecule has 6 nitrogen and oxygen atoms in total. The van der Waals surface area contributed by atoms with Crippen LogP contribution in [0.5, 0.6) is 0 Å². The highest BCUT2D eigenvalue weighted by Gasteiger charge is 2.32. The first-order valence-electron chi connectivity index (χ1n) is 7.80. The number of hydrogen-bond acceptors (Lipinski definition) is 3. The zero-order valence-electron chi connectivity index (χ0n) is 13.2. The van der Waals surface area contributed by atoms with E-state index in [1.54, 1.807) is 19.2 Å². The number of aliphatic carboxylic acids is 1. The first-order valence-corrected chi connectivity index (χ1v) is 7.80. The van der Waals surface area contributed by atoms with Crippen LogP contribution in [0.25, 0.3) is 0 Å². The summed E-state index contributed by atoms with van der Waals surface area (Å²) in [6.45, 7) is -0.0397. The zero-order chi connectivity index (χ0) is 16.8. The minimum absolute atomic E-state index is 0.0397. The minimum atomic E-state index is -0.841. The van der Waals surface area contributed by atoms with Gasteiger partial charge in [-0.1, -0.05) is 24.6 Å². The Hall–Kier alpha value is -2.37. The second-order valence-electron chi connectivity index (χ2n) is 6.01. The number of anilines is 1. The Morgan fingerprint density at radius 1 is 1.17 bits per heavy atom. The molecule has 0 aromatic heterocycles. The topological polar surface area (TPSA) is 86.7 Å². The van der Waals surface area contributed by atoms with Gasteiger partial charge in [0.25, 0.3) is 0 Å². The molecule has 0 radical (unpaired) electrons.